The SMILES string of the molecule is COc1cccc(C(C)NC(CCc2ccccc2)C(C)C)c1. The molecule has 0 radical (unpaired) electrons. The maximum atomic E-state index is 5.33. The number of ether oxygens (including phenoxy) is 1. The number of aryl methyl sites for hydroxylation is 1. The summed E-state index contributed by atoms with van der Waals surface area (Å²) in [6.45, 7) is 6.81. The van der Waals surface area contributed by atoms with Gasteiger partial charge in [0.15, 0.2) is 0 Å². The summed E-state index contributed by atoms with van der Waals surface area (Å²) in [5.74, 6) is 1.52. The van der Waals surface area contributed by atoms with Crippen molar-refractivity contribution >= 4 is 0 Å². The Labute approximate surface area is 140 Å². The first-order valence-corrected chi connectivity index (χ1v) is 8.54. The van der Waals surface area contributed by atoms with Crippen LogP contribution in [0.1, 0.15) is 44.4 Å². The maximum Gasteiger partial charge on any atom is 0.119 e. The van der Waals surface area contributed by atoms with Gasteiger partial charge < -0.3 is 10.1 Å². The van der Waals surface area contributed by atoms with Crippen molar-refractivity contribution in [2.45, 2.75) is 45.7 Å². The monoisotopic (exact) mass is 311 g/mol. The van der Waals surface area contributed by atoms with Crippen molar-refractivity contribution in [3.63, 3.8) is 0 Å². The van der Waals surface area contributed by atoms with Gasteiger partial charge in [0, 0.05) is 12.1 Å². The van der Waals surface area contributed by atoms with E-state index in [2.05, 4.69) is 74.6 Å². The normalized spacial score (nSPS) is 13.8. The first kappa shape index (κ1) is 17.6. The Kier molecular flexibility index (Phi) is 6.66. The average Bonchev–Trinajstić information content (AvgIpc) is 2.59. The van der Waals surface area contributed by atoms with Crippen LogP contribution >= 0.6 is 0 Å². The van der Waals surface area contributed by atoms with E-state index >= 15 is 0 Å². The summed E-state index contributed by atoms with van der Waals surface area (Å²) in [6, 6.07) is 19.9. The van der Waals surface area contributed by atoms with Gasteiger partial charge in [0.25, 0.3) is 0 Å². The molecular formula is C21H29NO. The summed E-state index contributed by atoms with van der Waals surface area (Å²) in [5.41, 5.74) is 2.68. The highest BCUT2D eigenvalue weighted by atomic mass is 16.5. The third-order valence-corrected chi connectivity index (χ3v) is 4.45. The van der Waals surface area contributed by atoms with E-state index in [0.29, 0.717) is 18.0 Å². The molecule has 0 fully saturated rings. The first-order valence-electron chi connectivity index (χ1n) is 8.54. The highest BCUT2D eigenvalue weighted by molar-refractivity contribution is 5.30. The lowest BCUT2D eigenvalue weighted by Crippen LogP contribution is -2.36. The predicted molar refractivity (Wildman–Crippen MR) is 97.9 cm³/mol. The molecule has 0 heterocycles. The number of hydrogen-bond donors (Lipinski definition) is 1. The van der Waals surface area contributed by atoms with Crippen LogP contribution in [0.3, 0.4) is 0 Å². The van der Waals surface area contributed by atoms with Gasteiger partial charge in [0.1, 0.15) is 5.75 Å². The van der Waals surface area contributed by atoms with Crippen LogP contribution in [0.25, 0.3) is 0 Å². The summed E-state index contributed by atoms with van der Waals surface area (Å²) < 4.78 is 5.33. The Morgan fingerprint density at radius 2 is 1.70 bits per heavy atom. The maximum absolute atomic E-state index is 5.33. The molecule has 2 aromatic carbocycles. The van der Waals surface area contributed by atoms with Crippen LogP contribution < -0.4 is 10.1 Å². The van der Waals surface area contributed by atoms with Gasteiger partial charge in [-0.3, -0.25) is 0 Å². The van der Waals surface area contributed by atoms with E-state index in [1.807, 2.05) is 6.07 Å². The van der Waals surface area contributed by atoms with Crippen LogP contribution in [-0.4, -0.2) is 13.2 Å². The molecule has 0 saturated heterocycles. The van der Waals surface area contributed by atoms with Crippen LogP contribution in [0.2, 0.25) is 0 Å². The van der Waals surface area contributed by atoms with Crippen molar-refractivity contribution < 1.29 is 4.74 Å². The third-order valence-electron chi connectivity index (χ3n) is 4.45. The standard InChI is InChI=1S/C21H29NO/c1-16(2)21(14-13-18-9-6-5-7-10-18)22-17(3)19-11-8-12-20(15-19)23-4/h5-12,15-17,21-22H,13-14H2,1-4H3. The summed E-state index contributed by atoms with van der Waals surface area (Å²) in [7, 11) is 1.72. The van der Waals surface area contributed by atoms with Crippen molar-refractivity contribution in [1.29, 1.82) is 0 Å². The minimum atomic E-state index is 0.313. The molecule has 0 saturated carbocycles. The molecule has 2 unspecified atom stereocenters. The van der Waals surface area contributed by atoms with Crippen LogP contribution in [0, 0.1) is 5.92 Å². The van der Waals surface area contributed by atoms with E-state index in [9.17, 15) is 0 Å². The summed E-state index contributed by atoms with van der Waals surface area (Å²) in [6.07, 6.45) is 2.26. The number of nitrogens with one attached hydrogen (secondary N) is 1. The summed E-state index contributed by atoms with van der Waals surface area (Å²) in [5, 5.41) is 3.80. The van der Waals surface area contributed by atoms with Crippen molar-refractivity contribution in [2.75, 3.05) is 7.11 Å². The Balaban J connectivity index is 1.97. The Morgan fingerprint density at radius 3 is 2.35 bits per heavy atom. The van der Waals surface area contributed by atoms with Gasteiger partial charge in [-0.05, 0) is 48.9 Å². The second-order valence-electron chi connectivity index (χ2n) is 6.54. The van der Waals surface area contributed by atoms with Crippen LogP contribution in [0.5, 0.6) is 5.75 Å². The van der Waals surface area contributed by atoms with Crippen molar-refractivity contribution in [1.82, 2.24) is 5.32 Å². The highest BCUT2D eigenvalue weighted by Gasteiger charge is 2.17. The minimum Gasteiger partial charge on any atom is -0.497 e. The molecule has 2 nitrogen and oxygen atoms in total. The van der Waals surface area contributed by atoms with Crippen LogP contribution in [0.15, 0.2) is 54.6 Å². The van der Waals surface area contributed by atoms with E-state index in [4.69, 9.17) is 4.74 Å². The zero-order chi connectivity index (χ0) is 16.7. The fraction of sp³-hybridized carbons (Fsp3) is 0.429. The van der Waals surface area contributed by atoms with Gasteiger partial charge in [0.2, 0.25) is 0 Å². The van der Waals surface area contributed by atoms with Gasteiger partial charge in [-0.2, -0.15) is 0 Å². The average molecular weight is 311 g/mol. The lowest BCUT2D eigenvalue weighted by molar-refractivity contribution is 0.345. The molecule has 23 heavy (non-hydrogen) atoms. The molecule has 2 rings (SSSR count). The molecule has 124 valence electrons. The van der Waals surface area contributed by atoms with Crippen molar-refractivity contribution in [2.24, 2.45) is 5.92 Å². The molecule has 0 amide bonds. The second kappa shape index (κ2) is 8.73. The van der Waals surface area contributed by atoms with Crippen molar-refractivity contribution in [3.05, 3.63) is 65.7 Å². The minimum absolute atomic E-state index is 0.313. The molecular weight excluding hydrogens is 282 g/mol. The van der Waals surface area contributed by atoms with Crippen LogP contribution in [0.4, 0.5) is 0 Å². The largest absolute Gasteiger partial charge is 0.497 e. The first-order chi connectivity index (χ1) is 11.1. The molecule has 2 aromatic rings. The summed E-state index contributed by atoms with van der Waals surface area (Å²) in [4.78, 5) is 0. The molecule has 2 atom stereocenters. The van der Waals surface area contributed by atoms with Crippen LogP contribution in [-0.2, 0) is 6.42 Å². The molecule has 2 heteroatoms. The second-order valence-corrected chi connectivity index (χ2v) is 6.54. The summed E-state index contributed by atoms with van der Waals surface area (Å²) >= 11 is 0. The van der Waals surface area contributed by atoms with E-state index in [-0.39, 0.29) is 0 Å². The van der Waals surface area contributed by atoms with E-state index in [1.165, 1.54) is 11.1 Å². The Hall–Kier alpha value is -1.80. The molecule has 1 N–H and O–H groups in total. The van der Waals surface area contributed by atoms with E-state index in [1.54, 1.807) is 7.11 Å². The molecule has 0 spiro atoms. The van der Waals surface area contributed by atoms with Gasteiger partial charge in [0.05, 0.1) is 7.11 Å². The van der Waals surface area contributed by atoms with Gasteiger partial charge in [-0.15, -0.1) is 0 Å². The molecule has 0 aromatic heterocycles. The Morgan fingerprint density at radius 1 is 0.957 bits per heavy atom. The van der Waals surface area contributed by atoms with Gasteiger partial charge >= 0.3 is 0 Å². The zero-order valence-electron chi connectivity index (χ0n) is 14.8. The van der Waals surface area contributed by atoms with Gasteiger partial charge in [-0.25, -0.2) is 0 Å². The predicted octanol–water partition coefficient (Wildman–Crippen LogP) is 5.00. The molecule has 0 aliphatic heterocycles. The van der Waals surface area contributed by atoms with Crippen molar-refractivity contribution in [3.8, 4) is 5.75 Å². The fourth-order valence-corrected chi connectivity index (χ4v) is 2.90. The zero-order valence-corrected chi connectivity index (χ0v) is 14.8. The smallest absolute Gasteiger partial charge is 0.119 e. The number of hydrogen-bond acceptors (Lipinski definition) is 2. The number of benzene rings is 2. The lowest BCUT2D eigenvalue weighted by Gasteiger charge is -2.27. The van der Waals surface area contributed by atoms with E-state index in [0.717, 1.165) is 18.6 Å². The number of methoxy groups -OCH3 is 1. The highest BCUT2D eigenvalue weighted by Crippen LogP contribution is 2.21. The topological polar surface area (TPSA) is 21.3 Å². The lowest BCUT2D eigenvalue weighted by atomic mass is 9.95. The third kappa shape index (κ3) is 5.40. The quantitative estimate of drug-likeness (QED) is 0.740. The molecule has 0 aliphatic carbocycles. The molecule has 0 aliphatic rings. The molecule has 0 bridgehead atoms. The van der Waals surface area contributed by atoms with Gasteiger partial charge in [-0.1, -0.05) is 56.3 Å². The Bertz CT molecular complexity index is 579. The van der Waals surface area contributed by atoms with E-state index < -0.39 is 0 Å². The fourth-order valence-electron chi connectivity index (χ4n) is 2.90. The number of rotatable bonds is 8.